The smallest absolute Gasteiger partial charge is 0.257 e. The van der Waals surface area contributed by atoms with Gasteiger partial charge in [0.1, 0.15) is 0 Å². The fraction of sp³-hybridized carbons (Fsp3) is 0.235. The van der Waals surface area contributed by atoms with Crippen LogP contribution in [0.25, 0.3) is 0 Å². The summed E-state index contributed by atoms with van der Waals surface area (Å²) in [5, 5.41) is 0. The number of carbonyl (C=O) groups excluding carboxylic acids is 1. The third kappa shape index (κ3) is 1.36. The van der Waals surface area contributed by atoms with Crippen LogP contribution in [0.3, 0.4) is 0 Å². The lowest BCUT2D eigenvalue weighted by molar-refractivity contribution is -0.137. The van der Waals surface area contributed by atoms with Crippen LogP contribution in [0.5, 0.6) is 0 Å². The summed E-state index contributed by atoms with van der Waals surface area (Å²) in [4.78, 5) is 14.5. The zero-order valence-electron chi connectivity index (χ0n) is 11.1. The number of nitrogens with zero attached hydrogens (tertiary/aromatic N) is 1. The number of rotatable bonds is 1. The number of amides is 1. The van der Waals surface area contributed by atoms with Crippen LogP contribution in [-0.4, -0.2) is 24.0 Å². The van der Waals surface area contributed by atoms with Gasteiger partial charge in [0.05, 0.1) is 6.61 Å². The molecule has 2 aliphatic heterocycles. The van der Waals surface area contributed by atoms with Gasteiger partial charge < -0.3 is 9.64 Å². The molecule has 1 saturated heterocycles. The van der Waals surface area contributed by atoms with Gasteiger partial charge in [-0.25, -0.2) is 0 Å². The first-order chi connectivity index (χ1) is 9.84. The van der Waals surface area contributed by atoms with Gasteiger partial charge in [-0.15, -0.1) is 0 Å². The van der Waals surface area contributed by atoms with Crippen molar-refractivity contribution in [1.82, 2.24) is 4.90 Å². The molecular weight excluding hydrogens is 250 g/mol. The molecule has 4 rings (SSSR count). The molecule has 0 radical (unpaired) electrons. The largest absolute Gasteiger partial charge is 0.347 e. The molecule has 2 heterocycles. The Kier molecular flexibility index (Phi) is 2.44. The van der Waals surface area contributed by atoms with E-state index in [0.717, 1.165) is 29.7 Å². The second kappa shape index (κ2) is 4.18. The number of benzene rings is 2. The third-order valence-corrected chi connectivity index (χ3v) is 4.15. The van der Waals surface area contributed by atoms with Gasteiger partial charge in [0.15, 0.2) is 5.72 Å². The van der Waals surface area contributed by atoms with E-state index < -0.39 is 5.72 Å². The highest BCUT2D eigenvalue weighted by atomic mass is 16.5. The van der Waals surface area contributed by atoms with E-state index in [1.54, 1.807) is 0 Å². The molecule has 3 heteroatoms. The zero-order valence-corrected chi connectivity index (χ0v) is 11.1. The van der Waals surface area contributed by atoms with Crippen LogP contribution in [0.15, 0.2) is 54.6 Å². The fourth-order valence-electron chi connectivity index (χ4n) is 3.31. The topological polar surface area (TPSA) is 29.5 Å². The van der Waals surface area contributed by atoms with Gasteiger partial charge in [0, 0.05) is 23.2 Å². The molecule has 0 aromatic heterocycles. The lowest BCUT2D eigenvalue weighted by Crippen LogP contribution is -2.50. The normalized spacial score (nSPS) is 24.4. The lowest BCUT2D eigenvalue weighted by atomic mass is 9.92. The zero-order chi connectivity index (χ0) is 13.6. The van der Waals surface area contributed by atoms with Crippen molar-refractivity contribution < 1.29 is 9.53 Å². The van der Waals surface area contributed by atoms with Gasteiger partial charge in [-0.3, -0.25) is 4.79 Å². The van der Waals surface area contributed by atoms with Crippen molar-refractivity contribution in [3.63, 3.8) is 0 Å². The SMILES string of the molecule is O=C1c2ccccc2[C@@]2(c3ccccc3)OCCCN12. The molecule has 20 heavy (non-hydrogen) atoms. The van der Waals surface area contributed by atoms with Crippen LogP contribution < -0.4 is 0 Å². The standard InChI is InChI=1S/C17H15NO2/c19-16-14-9-4-5-10-15(14)17(13-7-2-1-3-8-13)18(16)11-6-12-20-17/h1-5,7-10H,6,11-12H2/t17-/m1/s1. The molecule has 100 valence electrons. The molecule has 0 aliphatic carbocycles. The van der Waals surface area contributed by atoms with E-state index >= 15 is 0 Å². The van der Waals surface area contributed by atoms with Crippen molar-refractivity contribution in [3.05, 3.63) is 71.3 Å². The van der Waals surface area contributed by atoms with Crippen molar-refractivity contribution in [2.75, 3.05) is 13.2 Å². The maximum Gasteiger partial charge on any atom is 0.257 e. The summed E-state index contributed by atoms with van der Waals surface area (Å²) in [6.07, 6.45) is 0.883. The third-order valence-electron chi connectivity index (χ3n) is 4.15. The number of hydrogen-bond acceptors (Lipinski definition) is 2. The van der Waals surface area contributed by atoms with Crippen molar-refractivity contribution in [1.29, 1.82) is 0 Å². The van der Waals surface area contributed by atoms with Gasteiger partial charge in [0.2, 0.25) is 0 Å². The Hall–Kier alpha value is -2.13. The Balaban J connectivity index is 2.01. The minimum absolute atomic E-state index is 0.0733. The Morgan fingerprint density at radius 2 is 1.75 bits per heavy atom. The fourth-order valence-corrected chi connectivity index (χ4v) is 3.31. The second-order valence-corrected chi connectivity index (χ2v) is 5.21. The number of carbonyl (C=O) groups is 1. The maximum atomic E-state index is 12.7. The van der Waals surface area contributed by atoms with Crippen LogP contribution in [-0.2, 0) is 10.5 Å². The van der Waals surface area contributed by atoms with E-state index in [1.165, 1.54) is 0 Å². The Morgan fingerprint density at radius 1 is 1.00 bits per heavy atom. The molecule has 2 aliphatic rings. The first-order valence-electron chi connectivity index (χ1n) is 6.95. The van der Waals surface area contributed by atoms with Crippen molar-refractivity contribution in [2.45, 2.75) is 12.1 Å². The first-order valence-corrected chi connectivity index (χ1v) is 6.95. The van der Waals surface area contributed by atoms with Crippen LogP contribution in [0, 0.1) is 0 Å². The number of ether oxygens (including phenoxy) is 1. The molecule has 0 N–H and O–H groups in total. The summed E-state index contributed by atoms with van der Waals surface area (Å²) >= 11 is 0. The minimum Gasteiger partial charge on any atom is -0.347 e. The highest BCUT2D eigenvalue weighted by Crippen LogP contribution is 2.46. The molecule has 2 aromatic rings. The van der Waals surface area contributed by atoms with Gasteiger partial charge in [0.25, 0.3) is 5.91 Å². The molecule has 0 spiro atoms. The Bertz CT molecular complexity index is 668. The van der Waals surface area contributed by atoms with E-state index in [9.17, 15) is 4.79 Å². The summed E-state index contributed by atoms with van der Waals surface area (Å²) in [5.74, 6) is 0.0733. The monoisotopic (exact) mass is 265 g/mol. The highest BCUT2D eigenvalue weighted by molar-refractivity contribution is 6.00. The average Bonchev–Trinajstić information content (AvgIpc) is 2.80. The van der Waals surface area contributed by atoms with Gasteiger partial charge >= 0.3 is 0 Å². The molecule has 0 unspecified atom stereocenters. The van der Waals surface area contributed by atoms with Gasteiger partial charge in [-0.2, -0.15) is 0 Å². The maximum absolute atomic E-state index is 12.7. The molecule has 1 fully saturated rings. The molecule has 3 nitrogen and oxygen atoms in total. The molecule has 0 saturated carbocycles. The van der Waals surface area contributed by atoms with Crippen LogP contribution in [0.1, 0.15) is 27.9 Å². The quantitative estimate of drug-likeness (QED) is 0.793. The van der Waals surface area contributed by atoms with Gasteiger partial charge in [-0.05, 0) is 12.5 Å². The number of hydrogen-bond donors (Lipinski definition) is 0. The Labute approximate surface area is 117 Å². The molecular formula is C17H15NO2. The first kappa shape index (κ1) is 11.7. The minimum atomic E-state index is -0.729. The second-order valence-electron chi connectivity index (χ2n) is 5.21. The predicted molar refractivity (Wildman–Crippen MR) is 75.3 cm³/mol. The summed E-state index contributed by atoms with van der Waals surface area (Å²) in [6, 6.07) is 17.8. The van der Waals surface area contributed by atoms with E-state index in [4.69, 9.17) is 4.74 Å². The molecule has 2 aromatic carbocycles. The summed E-state index contributed by atoms with van der Waals surface area (Å²) in [7, 11) is 0. The summed E-state index contributed by atoms with van der Waals surface area (Å²) < 4.78 is 6.18. The van der Waals surface area contributed by atoms with Crippen LogP contribution >= 0.6 is 0 Å². The summed E-state index contributed by atoms with van der Waals surface area (Å²) in [6.45, 7) is 1.41. The number of fused-ring (bicyclic) bond motifs is 3. The predicted octanol–water partition coefficient (Wildman–Crippen LogP) is 2.76. The van der Waals surface area contributed by atoms with Crippen molar-refractivity contribution in [3.8, 4) is 0 Å². The van der Waals surface area contributed by atoms with E-state index in [0.29, 0.717) is 6.61 Å². The van der Waals surface area contributed by atoms with Crippen molar-refractivity contribution in [2.24, 2.45) is 0 Å². The van der Waals surface area contributed by atoms with E-state index in [1.807, 2.05) is 59.5 Å². The van der Waals surface area contributed by atoms with E-state index in [2.05, 4.69) is 0 Å². The van der Waals surface area contributed by atoms with Crippen LogP contribution in [0.2, 0.25) is 0 Å². The average molecular weight is 265 g/mol. The highest BCUT2D eigenvalue weighted by Gasteiger charge is 2.53. The lowest BCUT2D eigenvalue weighted by Gasteiger charge is -2.42. The van der Waals surface area contributed by atoms with Crippen molar-refractivity contribution >= 4 is 5.91 Å². The van der Waals surface area contributed by atoms with Crippen LogP contribution in [0.4, 0.5) is 0 Å². The van der Waals surface area contributed by atoms with E-state index in [-0.39, 0.29) is 5.91 Å². The Morgan fingerprint density at radius 3 is 2.60 bits per heavy atom. The summed E-state index contributed by atoms with van der Waals surface area (Å²) in [5.41, 5.74) is 2.03. The molecule has 1 atom stereocenters. The molecule has 0 bridgehead atoms. The molecule has 1 amide bonds. The van der Waals surface area contributed by atoms with Gasteiger partial charge in [-0.1, -0.05) is 48.5 Å².